The fourth-order valence-corrected chi connectivity index (χ4v) is 3.41. The average Bonchev–Trinajstić information content (AvgIpc) is 2.11. The molecule has 1 atom stereocenters. The fourth-order valence-electron chi connectivity index (χ4n) is 3.41. The number of rotatable bonds is 4. The topological polar surface area (TPSA) is 52.6 Å². The van der Waals surface area contributed by atoms with E-state index >= 15 is 0 Å². The molecule has 1 saturated carbocycles. The summed E-state index contributed by atoms with van der Waals surface area (Å²) in [4.78, 5) is 13.4. The molecule has 2 aliphatic rings. The molecule has 1 aliphatic heterocycles. The summed E-state index contributed by atoms with van der Waals surface area (Å²) >= 11 is 0. The molecule has 0 aromatic carbocycles. The van der Waals surface area contributed by atoms with Gasteiger partial charge in [-0.2, -0.15) is 0 Å². The Bertz CT molecular complexity index is 300. The molecule has 1 amide bonds. The van der Waals surface area contributed by atoms with Gasteiger partial charge in [0.15, 0.2) is 0 Å². The van der Waals surface area contributed by atoms with Crippen molar-refractivity contribution < 1.29 is 9.90 Å². The molecule has 0 unspecified atom stereocenters. The number of nitrogens with zero attached hydrogens (tertiary/aromatic N) is 1. The highest BCUT2D eigenvalue weighted by atomic mass is 16.4. The van der Waals surface area contributed by atoms with Crippen molar-refractivity contribution in [2.45, 2.75) is 64.0 Å². The van der Waals surface area contributed by atoms with Gasteiger partial charge in [0, 0.05) is 18.1 Å². The second-order valence-electron chi connectivity index (χ2n) is 6.61. The van der Waals surface area contributed by atoms with Gasteiger partial charge in [-0.15, -0.1) is 0 Å². The van der Waals surface area contributed by atoms with Crippen molar-refractivity contribution in [2.24, 2.45) is 5.92 Å². The molecule has 0 spiro atoms. The van der Waals surface area contributed by atoms with E-state index in [1.807, 2.05) is 13.8 Å². The molecule has 2 rings (SSSR count). The zero-order valence-corrected chi connectivity index (χ0v) is 11.6. The van der Waals surface area contributed by atoms with Gasteiger partial charge < -0.3 is 15.3 Å². The molecule has 1 aliphatic carbocycles. The first kappa shape index (κ1) is 13.7. The lowest BCUT2D eigenvalue weighted by molar-refractivity contribution is 0.0660. The quantitative estimate of drug-likeness (QED) is 0.811. The summed E-state index contributed by atoms with van der Waals surface area (Å²) in [5.41, 5.74) is -0.306. The molecule has 0 radical (unpaired) electrons. The van der Waals surface area contributed by atoms with E-state index in [0.29, 0.717) is 5.92 Å². The second kappa shape index (κ2) is 5.47. The van der Waals surface area contributed by atoms with Crippen molar-refractivity contribution >= 4 is 6.09 Å². The summed E-state index contributed by atoms with van der Waals surface area (Å²) in [6.45, 7) is 6.39. The largest absolute Gasteiger partial charge is 0.465 e. The van der Waals surface area contributed by atoms with Crippen LogP contribution in [-0.4, -0.2) is 40.8 Å². The second-order valence-corrected chi connectivity index (χ2v) is 6.61. The third-order valence-corrected chi connectivity index (χ3v) is 4.39. The number of carboxylic acid groups (broad SMARTS) is 1. The number of nitrogens with one attached hydrogen (secondary N) is 1. The van der Waals surface area contributed by atoms with Crippen LogP contribution in [-0.2, 0) is 0 Å². The molecule has 0 aromatic rings. The summed E-state index contributed by atoms with van der Waals surface area (Å²) in [5, 5.41) is 11.5. The average molecular weight is 254 g/mol. The van der Waals surface area contributed by atoms with Crippen LogP contribution >= 0.6 is 0 Å². The zero-order chi connectivity index (χ0) is 13.2. The Hall–Kier alpha value is -0.770. The number of piperidine rings is 1. The van der Waals surface area contributed by atoms with Crippen molar-refractivity contribution in [3.05, 3.63) is 0 Å². The standard InChI is InChI=1S/C14H26N2O2/c1-14(2,15-13(17)18)9-11-5-4-8-16(10-11)12-6-3-7-12/h11-12,15H,3-10H2,1-2H3,(H,17,18)/t11-/m1/s1. The SMILES string of the molecule is CC(C)(C[C@H]1CCCN(C2CCC2)C1)NC(=O)O. The predicted molar refractivity (Wildman–Crippen MR) is 71.8 cm³/mol. The molecule has 0 aromatic heterocycles. The van der Waals surface area contributed by atoms with Crippen molar-refractivity contribution in [3.63, 3.8) is 0 Å². The van der Waals surface area contributed by atoms with Crippen molar-refractivity contribution in [2.75, 3.05) is 13.1 Å². The Labute approximate surface area is 110 Å². The number of likely N-dealkylation sites (tertiary alicyclic amines) is 1. The van der Waals surface area contributed by atoms with E-state index in [1.165, 1.54) is 38.6 Å². The van der Waals surface area contributed by atoms with Gasteiger partial charge >= 0.3 is 6.09 Å². The molecule has 2 N–H and O–H groups in total. The number of hydrogen-bond acceptors (Lipinski definition) is 2. The lowest BCUT2D eigenvalue weighted by atomic mass is 9.83. The van der Waals surface area contributed by atoms with Crippen LogP contribution in [0.3, 0.4) is 0 Å². The highest BCUT2D eigenvalue weighted by Crippen LogP contribution is 2.31. The van der Waals surface area contributed by atoms with Gasteiger partial charge in [0.1, 0.15) is 0 Å². The van der Waals surface area contributed by atoms with E-state index in [9.17, 15) is 4.79 Å². The molecular formula is C14H26N2O2. The molecule has 1 heterocycles. The van der Waals surface area contributed by atoms with Crippen LogP contribution in [0.1, 0.15) is 52.4 Å². The van der Waals surface area contributed by atoms with E-state index in [4.69, 9.17) is 5.11 Å². The smallest absolute Gasteiger partial charge is 0.405 e. The molecule has 0 bridgehead atoms. The molecular weight excluding hydrogens is 228 g/mol. The number of hydrogen-bond donors (Lipinski definition) is 2. The lowest BCUT2D eigenvalue weighted by Gasteiger charge is -2.43. The maximum Gasteiger partial charge on any atom is 0.405 e. The third-order valence-electron chi connectivity index (χ3n) is 4.39. The van der Waals surface area contributed by atoms with Gasteiger partial charge in [0.25, 0.3) is 0 Å². The van der Waals surface area contributed by atoms with Crippen molar-refractivity contribution in [1.29, 1.82) is 0 Å². The predicted octanol–water partition coefficient (Wildman–Crippen LogP) is 2.69. The summed E-state index contributed by atoms with van der Waals surface area (Å²) in [6, 6.07) is 0.823. The Morgan fingerprint density at radius 3 is 2.61 bits per heavy atom. The summed E-state index contributed by atoms with van der Waals surface area (Å²) in [7, 11) is 0. The summed E-state index contributed by atoms with van der Waals surface area (Å²) in [6.07, 6.45) is 6.66. The number of amides is 1. The third kappa shape index (κ3) is 3.61. The van der Waals surface area contributed by atoms with Gasteiger partial charge in [-0.25, -0.2) is 4.79 Å². The van der Waals surface area contributed by atoms with Crippen molar-refractivity contribution in [3.8, 4) is 0 Å². The van der Waals surface area contributed by atoms with Crippen LogP contribution < -0.4 is 5.32 Å². The van der Waals surface area contributed by atoms with Crippen LogP contribution in [0.4, 0.5) is 4.79 Å². The van der Waals surface area contributed by atoms with E-state index < -0.39 is 6.09 Å². The maximum atomic E-state index is 10.8. The van der Waals surface area contributed by atoms with Crippen molar-refractivity contribution in [1.82, 2.24) is 10.2 Å². The minimum atomic E-state index is -0.911. The normalized spacial score (nSPS) is 26.7. The minimum absolute atomic E-state index is 0.306. The first-order chi connectivity index (χ1) is 8.46. The number of carbonyl (C=O) groups is 1. The van der Waals surface area contributed by atoms with Gasteiger partial charge in [-0.3, -0.25) is 0 Å². The van der Waals surface area contributed by atoms with Crippen LogP contribution in [0.15, 0.2) is 0 Å². The van der Waals surface area contributed by atoms with Gasteiger partial charge in [-0.1, -0.05) is 6.42 Å². The molecule has 2 fully saturated rings. The molecule has 4 nitrogen and oxygen atoms in total. The first-order valence-corrected chi connectivity index (χ1v) is 7.21. The molecule has 1 saturated heterocycles. The van der Waals surface area contributed by atoms with E-state index in [1.54, 1.807) is 0 Å². The Kier molecular flexibility index (Phi) is 4.15. The highest BCUT2D eigenvalue weighted by molar-refractivity contribution is 5.65. The van der Waals surface area contributed by atoms with E-state index in [-0.39, 0.29) is 5.54 Å². The van der Waals surface area contributed by atoms with E-state index in [2.05, 4.69) is 10.2 Å². The van der Waals surface area contributed by atoms with E-state index in [0.717, 1.165) is 19.0 Å². The molecule has 4 heteroatoms. The summed E-state index contributed by atoms with van der Waals surface area (Å²) in [5.74, 6) is 0.640. The lowest BCUT2D eigenvalue weighted by Crippen LogP contribution is -2.49. The molecule has 18 heavy (non-hydrogen) atoms. The van der Waals surface area contributed by atoms with Crippen LogP contribution in [0, 0.1) is 5.92 Å². The Morgan fingerprint density at radius 1 is 1.33 bits per heavy atom. The van der Waals surface area contributed by atoms with Crippen LogP contribution in [0.5, 0.6) is 0 Å². The zero-order valence-electron chi connectivity index (χ0n) is 11.6. The fraction of sp³-hybridized carbons (Fsp3) is 0.929. The first-order valence-electron chi connectivity index (χ1n) is 7.21. The summed E-state index contributed by atoms with van der Waals surface area (Å²) < 4.78 is 0. The monoisotopic (exact) mass is 254 g/mol. The van der Waals surface area contributed by atoms with Gasteiger partial charge in [0.2, 0.25) is 0 Å². The van der Waals surface area contributed by atoms with Crippen LogP contribution in [0.25, 0.3) is 0 Å². The Morgan fingerprint density at radius 2 is 2.06 bits per heavy atom. The Balaban J connectivity index is 1.82. The maximum absolute atomic E-state index is 10.8. The molecule has 104 valence electrons. The highest BCUT2D eigenvalue weighted by Gasteiger charge is 2.32. The minimum Gasteiger partial charge on any atom is -0.465 e. The van der Waals surface area contributed by atoms with Crippen LogP contribution in [0.2, 0.25) is 0 Å². The van der Waals surface area contributed by atoms with Gasteiger partial charge in [0.05, 0.1) is 0 Å². The van der Waals surface area contributed by atoms with Gasteiger partial charge in [-0.05, 0) is 58.4 Å².